The van der Waals surface area contributed by atoms with Gasteiger partial charge >= 0.3 is 0 Å². The van der Waals surface area contributed by atoms with Crippen LogP contribution in [0, 0.1) is 6.92 Å². The molecule has 0 aliphatic carbocycles. The van der Waals surface area contributed by atoms with Crippen LogP contribution in [0.15, 0.2) is 64.9 Å². The second-order valence-corrected chi connectivity index (χ2v) is 8.81. The van der Waals surface area contributed by atoms with Crippen LogP contribution in [0.4, 0.5) is 5.69 Å². The molecule has 0 radical (unpaired) electrons. The first-order chi connectivity index (χ1) is 13.6. The fourth-order valence-electron chi connectivity index (χ4n) is 2.71. The van der Waals surface area contributed by atoms with E-state index in [4.69, 9.17) is 17.0 Å². The Hall–Kier alpha value is -2.48. The summed E-state index contributed by atoms with van der Waals surface area (Å²) in [6.07, 6.45) is 1.86. The highest BCUT2D eigenvalue weighted by Crippen LogP contribution is 2.36. The minimum absolute atomic E-state index is 0.0968. The number of benzene rings is 2. The molecule has 0 unspecified atom stereocenters. The van der Waals surface area contributed by atoms with Crippen molar-refractivity contribution in [1.29, 1.82) is 0 Å². The molecule has 0 bridgehead atoms. The van der Waals surface area contributed by atoms with E-state index in [1.54, 1.807) is 16.2 Å². The summed E-state index contributed by atoms with van der Waals surface area (Å²) < 4.78 is 6.31. The van der Waals surface area contributed by atoms with Crippen LogP contribution < -0.4 is 9.64 Å². The Kier molecular flexibility index (Phi) is 5.57. The summed E-state index contributed by atoms with van der Waals surface area (Å²) in [6.45, 7) is 2.42. The number of anilines is 1. The lowest BCUT2D eigenvalue weighted by molar-refractivity contribution is -0.113. The molecule has 4 rings (SSSR count). The third-order valence-corrected chi connectivity index (χ3v) is 6.16. The molecule has 0 spiro atoms. The van der Waals surface area contributed by atoms with E-state index in [9.17, 15) is 4.79 Å². The van der Waals surface area contributed by atoms with Gasteiger partial charge in [0.15, 0.2) is 4.32 Å². The zero-order valence-corrected chi connectivity index (χ0v) is 17.4. The third kappa shape index (κ3) is 4.16. The summed E-state index contributed by atoms with van der Waals surface area (Å²) in [5.41, 5.74) is 2.64. The summed E-state index contributed by atoms with van der Waals surface area (Å²) in [5.74, 6) is 0.667. The number of para-hydroxylation sites is 1. The molecule has 1 aromatic heterocycles. The van der Waals surface area contributed by atoms with Crippen LogP contribution in [-0.4, -0.2) is 15.2 Å². The van der Waals surface area contributed by atoms with Gasteiger partial charge in [0.25, 0.3) is 5.91 Å². The van der Waals surface area contributed by atoms with Crippen LogP contribution in [-0.2, 0) is 11.4 Å². The number of nitrogens with zero attached hydrogens (tertiary/aromatic N) is 2. The lowest BCUT2D eigenvalue weighted by atomic mass is 10.2. The van der Waals surface area contributed by atoms with Gasteiger partial charge in [-0.15, -0.1) is 11.3 Å². The van der Waals surface area contributed by atoms with E-state index in [1.165, 1.54) is 11.8 Å². The fraction of sp³-hybridized carbons (Fsp3) is 0.0952. The molecular weight excluding hydrogens is 408 g/mol. The summed E-state index contributed by atoms with van der Waals surface area (Å²) in [5, 5.41) is 3.03. The molecule has 1 aliphatic heterocycles. The van der Waals surface area contributed by atoms with Gasteiger partial charge in [-0.1, -0.05) is 54.3 Å². The van der Waals surface area contributed by atoms with Crippen molar-refractivity contribution in [2.24, 2.45) is 0 Å². The second-order valence-electron chi connectivity index (χ2n) is 6.07. The maximum atomic E-state index is 12.8. The molecule has 0 saturated carbocycles. The first-order valence-electron chi connectivity index (χ1n) is 8.57. The Bertz CT molecular complexity index is 1040. The number of hydrogen-bond acceptors (Lipinski definition) is 6. The molecule has 2 aromatic carbocycles. The van der Waals surface area contributed by atoms with E-state index in [-0.39, 0.29) is 5.91 Å². The molecule has 28 heavy (non-hydrogen) atoms. The molecular formula is C21H16N2O2S3. The number of thiazole rings is 1. The minimum atomic E-state index is -0.0968. The Morgan fingerprint density at radius 1 is 1.14 bits per heavy atom. The van der Waals surface area contributed by atoms with E-state index in [2.05, 4.69) is 4.98 Å². The molecule has 1 saturated heterocycles. The van der Waals surface area contributed by atoms with Gasteiger partial charge in [0.05, 0.1) is 21.3 Å². The Morgan fingerprint density at radius 3 is 2.57 bits per heavy atom. The highest BCUT2D eigenvalue weighted by molar-refractivity contribution is 8.27. The van der Waals surface area contributed by atoms with Gasteiger partial charge in [0.2, 0.25) is 0 Å². The number of carbonyl (C=O) groups excluding carboxylic acids is 1. The van der Waals surface area contributed by atoms with E-state index in [0.29, 0.717) is 15.8 Å². The fourth-order valence-corrected chi connectivity index (χ4v) is 4.61. The first kappa shape index (κ1) is 18.9. The zero-order valence-electron chi connectivity index (χ0n) is 15.0. The molecule has 4 nitrogen and oxygen atoms in total. The quantitative estimate of drug-likeness (QED) is 0.403. The van der Waals surface area contributed by atoms with Crippen LogP contribution in [0.2, 0.25) is 0 Å². The average molecular weight is 425 g/mol. The van der Waals surface area contributed by atoms with Crippen molar-refractivity contribution in [2.45, 2.75) is 13.5 Å². The Balaban J connectivity index is 1.45. The van der Waals surface area contributed by atoms with E-state index < -0.39 is 0 Å². The first-order valence-corrected chi connectivity index (χ1v) is 10.7. The summed E-state index contributed by atoms with van der Waals surface area (Å²) in [4.78, 5) is 19.3. The number of amides is 1. The molecule has 140 valence electrons. The normalized spacial score (nSPS) is 15.5. The summed E-state index contributed by atoms with van der Waals surface area (Å²) >= 11 is 8.33. The lowest BCUT2D eigenvalue weighted by Gasteiger charge is -2.13. The third-order valence-electron chi connectivity index (χ3n) is 4.04. The predicted molar refractivity (Wildman–Crippen MR) is 120 cm³/mol. The average Bonchev–Trinajstić information content (AvgIpc) is 3.24. The Labute approximate surface area is 176 Å². The highest BCUT2D eigenvalue weighted by Gasteiger charge is 2.33. The summed E-state index contributed by atoms with van der Waals surface area (Å²) in [6, 6.07) is 17.1. The van der Waals surface area contributed by atoms with Crippen LogP contribution >= 0.6 is 35.3 Å². The van der Waals surface area contributed by atoms with E-state index in [1.807, 2.05) is 73.0 Å². The number of ether oxygens (including phenoxy) is 1. The van der Waals surface area contributed by atoms with Crippen molar-refractivity contribution in [3.63, 3.8) is 0 Å². The van der Waals surface area contributed by atoms with Crippen molar-refractivity contribution >= 4 is 57.3 Å². The number of aromatic nitrogens is 1. The van der Waals surface area contributed by atoms with Crippen molar-refractivity contribution in [2.75, 3.05) is 4.90 Å². The van der Waals surface area contributed by atoms with Gasteiger partial charge in [-0.05, 0) is 42.8 Å². The van der Waals surface area contributed by atoms with E-state index >= 15 is 0 Å². The number of hydrogen-bond donors (Lipinski definition) is 0. The van der Waals surface area contributed by atoms with Crippen molar-refractivity contribution in [1.82, 2.24) is 4.98 Å². The van der Waals surface area contributed by atoms with Crippen LogP contribution in [0.3, 0.4) is 0 Å². The predicted octanol–water partition coefficient (Wildman–Crippen LogP) is 5.44. The van der Waals surface area contributed by atoms with Gasteiger partial charge in [0, 0.05) is 5.38 Å². The lowest BCUT2D eigenvalue weighted by Crippen LogP contribution is -2.27. The van der Waals surface area contributed by atoms with Gasteiger partial charge in [0.1, 0.15) is 12.4 Å². The Morgan fingerprint density at radius 2 is 1.89 bits per heavy atom. The molecule has 3 aromatic rings. The number of rotatable bonds is 5. The van der Waals surface area contributed by atoms with Crippen LogP contribution in [0.25, 0.3) is 6.08 Å². The molecule has 7 heteroatoms. The van der Waals surface area contributed by atoms with Gasteiger partial charge in [-0.25, -0.2) is 4.98 Å². The molecule has 2 heterocycles. The number of aryl methyl sites for hydroxylation is 1. The van der Waals surface area contributed by atoms with Gasteiger partial charge in [-0.2, -0.15) is 0 Å². The standard InChI is InChI=1S/C21H16N2O2S3/c1-14-22-16(13-27-14)12-25-18-9-7-15(8-10-18)11-19-20(24)23(21(26)28-19)17-5-3-2-4-6-17/h2-11,13H,12H2,1H3/b19-11-. The molecule has 1 fully saturated rings. The minimum Gasteiger partial charge on any atom is -0.487 e. The maximum absolute atomic E-state index is 12.8. The highest BCUT2D eigenvalue weighted by atomic mass is 32.2. The monoisotopic (exact) mass is 424 g/mol. The van der Waals surface area contributed by atoms with Gasteiger partial charge in [-0.3, -0.25) is 9.69 Å². The molecule has 1 amide bonds. The number of thioether (sulfide) groups is 1. The van der Waals surface area contributed by atoms with Gasteiger partial charge < -0.3 is 4.74 Å². The molecule has 0 atom stereocenters. The maximum Gasteiger partial charge on any atom is 0.270 e. The summed E-state index contributed by atoms with van der Waals surface area (Å²) in [7, 11) is 0. The topological polar surface area (TPSA) is 42.4 Å². The van der Waals surface area contributed by atoms with E-state index in [0.717, 1.165) is 27.7 Å². The zero-order chi connectivity index (χ0) is 19.5. The smallest absolute Gasteiger partial charge is 0.270 e. The SMILES string of the molecule is Cc1nc(COc2ccc(/C=C3\SC(=S)N(c4ccccc4)C3=O)cc2)cs1. The van der Waals surface area contributed by atoms with Crippen molar-refractivity contribution < 1.29 is 9.53 Å². The number of thiocarbonyl (C=S) groups is 1. The van der Waals surface area contributed by atoms with Crippen molar-refractivity contribution in [3.8, 4) is 5.75 Å². The number of carbonyl (C=O) groups is 1. The van der Waals surface area contributed by atoms with Crippen LogP contribution in [0.1, 0.15) is 16.3 Å². The largest absolute Gasteiger partial charge is 0.487 e. The van der Waals surface area contributed by atoms with Crippen LogP contribution in [0.5, 0.6) is 5.75 Å². The second kappa shape index (κ2) is 8.26. The molecule has 1 aliphatic rings. The van der Waals surface area contributed by atoms with Crippen molar-refractivity contribution in [3.05, 3.63) is 81.1 Å². The molecule has 0 N–H and O–H groups in total.